The quantitative estimate of drug-likeness (QED) is 0.816. The van der Waals surface area contributed by atoms with Crippen molar-refractivity contribution >= 4 is 34.4 Å². The number of hydrogen-bond acceptors (Lipinski definition) is 6. The van der Waals surface area contributed by atoms with Gasteiger partial charge in [0.15, 0.2) is 5.82 Å². The lowest BCUT2D eigenvalue weighted by molar-refractivity contribution is 1.06. The number of thiocarbonyl (C=S) groups is 1. The topological polar surface area (TPSA) is 76.7 Å². The molecule has 0 spiro atoms. The molecule has 2 rings (SSSR count). The van der Waals surface area contributed by atoms with E-state index in [2.05, 4.69) is 20.3 Å². The highest BCUT2D eigenvalue weighted by Gasteiger charge is 2.07. The Kier molecular flexibility index (Phi) is 3.60. The van der Waals surface area contributed by atoms with Crippen LogP contribution in [0, 0.1) is 6.92 Å². The number of aromatic nitrogens is 3. The summed E-state index contributed by atoms with van der Waals surface area (Å²) in [6.07, 6.45) is 5.00. The summed E-state index contributed by atoms with van der Waals surface area (Å²) in [6.45, 7) is 2.61. The molecule has 2 aromatic heterocycles. The molecule has 0 aliphatic heterocycles. The second-order valence-electron chi connectivity index (χ2n) is 3.34. The van der Waals surface area contributed by atoms with E-state index in [9.17, 15) is 0 Å². The van der Waals surface area contributed by atoms with Crippen LogP contribution in [-0.4, -0.2) is 19.9 Å². The van der Waals surface area contributed by atoms with E-state index in [4.69, 9.17) is 18.0 Å². The number of aryl methyl sites for hydroxylation is 1. The van der Waals surface area contributed by atoms with Crippen molar-refractivity contribution in [1.82, 2.24) is 15.0 Å². The minimum atomic E-state index is 0.232. The van der Waals surface area contributed by atoms with E-state index in [-0.39, 0.29) is 4.99 Å². The van der Waals surface area contributed by atoms with Crippen LogP contribution in [0.5, 0.6) is 0 Å². The van der Waals surface area contributed by atoms with Crippen molar-refractivity contribution in [2.45, 2.75) is 13.5 Å². The molecular formula is C10H11N5S2. The van der Waals surface area contributed by atoms with Gasteiger partial charge in [0.1, 0.15) is 15.7 Å². The maximum absolute atomic E-state index is 5.56. The molecule has 7 heteroatoms. The fraction of sp³-hybridized carbons (Fsp3) is 0.200. The first-order valence-electron chi connectivity index (χ1n) is 4.93. The van der Waals surface area contributed by atoms with E-state index in [1.54, 1.807) is 23.7 Å². The summed E-state index contributed by atoms with van der Waals surface area (Å²) in [5.74, 6) is 0.591. The lowest BCUT2D eigenvalue weighted by Crippen LogP contribution is -2.16. The van der Waals surface area contributed by atoms with Gasteiger partial charge in [-0.3, -0.25) is 0 Å². The predicted molar refractivity (Wildman–Crippen MR) is 72.1 cm³/mol. The summed E-state index contributed by atoms with van der Waals surface area (Å²) in [7, 11) is 0. The molecular weight excluding hydrogens is 254 g/mol. The second-order valence-corrected chi connectivity index (χ2v) is 5.10. The van der Waals surface area contributed by atoms with Crippen LogP contribution < -0.4 is 11.1 Å². The van der Waals surface area contributed by atoms with E-state index < -0.39 is 0 Å². The highest BCUT2D eigenvalue weighted by Crippen LogP contribution is 2.14. The third kappa shape index (κ3) is 2.95. The molecule has 2 heterocycles. The minimum Gasteiger partial charge on any atom is -0.388 e. The number of nitrogens with one attached hydrogen (secondary N) is 1. The van der Waals surface area contributed by atoms with Crippen LogP contribution in [-0.2, 0) is 6.54 Å². The lowest BCUT2D eigenvalue weighted by atomic mass is 10.4. The van der Waals surface area contributed by atoms with Crippen LogP contribution in [0.25, 0.3) is 0 Å². The van der Waals surface area contributed by atoms with Gasteiger partial charge in [-0.15, -0.1) is 11.3 Å². The molecule has 88 valence electrons. The third-order valence-electron chi connectivity index (χ3n) is 2.01. The highest BCUT2D eigenvalue weighted by atomic mass is 32.1. The first kappa shape index (κ1) is 11.9. The minimum absolute atomic E-state index is 0.232. The Morgan fingerprint density at radius 3 is 2.82 bits per heavy atom. The first-order chi connectivity index (χ1) is 8.16. The smallest absolute Gasteiger partial charge is 0.155 e. The van der Waals surface area contributed by atoms with Gasteiger partial charge in [-0.25, -0.2) is 15.0 Å². The number of hydrogen-bond donors (Lipinski definition) is 2. The molecule has 0 fully saturated rings. The summed E-state index contributed by atoms with van der Waals surface area (Å²) in [4.78, 5) is 13.9. The average Bonchev–Trinajstić information content (AvgIpc) is 2.73. The van der Waals surface area contributed by atoms with E-state index >= 15 is 0 Å². The second kappa shape index (κ2) is 5.15. The normalized spacial score (nSPS) is 10.2. The van der Waals surface area contributed by atoms with Crippen molar-refractivity contribution in [3.63, 3.8) is 0 Å². The van der Waals surface area contributed by atoms with Crippen molar-refractivity contribution in [2.75, 3.05) is 5.32 Å². The van der Waals surface area contributed by atoms with Crippen LogP contribution >= 0.6 is 23.6 Å². The zero-order valence-electron chi connectivity index (χ0n) is 9.17. The number of anilines is 1. The fourth-order valence-corrected chi connectivity index (χ4v) is 2.17. The van der Waals surface area contributed by atoms with Crippen molar-refractivity contribution < 1.29 is 0 Å². The van der Waals surface area contributed by atoms with Crippen LogP contribution in [0.3, 0.4) is 0 Å². The van der Waals surface area contributed by atoms with Gasteiger partial charge in [0, 0.05) is 23.5 Å². The number of nitrogens with two attached hydrogens (primary N) is 1. The van der Waals surface area contributed by atoms with E-state index in [0.717, 1.165) is 5.01 Å². The van der Waals surface area contributed by atoms with Crippen LogP contribution in [0.4, 0.5) is 5.82 Å². The maximum Gasteiger partial charge on any atom is 0.155 e. The van der Waals surface area contributed by atoms with Gasteiger partial charge >= 0.3 is 0 Å². The van der Waals surface area contributed by atoms with Crippen LogP contribution in [0.2, 0.25) is 0 Å². The Hall–Kier alpha value is -1.60. The Labute approximate surface area is 108 Å². The van der Waals surface area contributed by atoms with Crippen LogP contribution in [0.1, 0.15) is 15.6 Å². The van der Waals surface area contributed by atoms with E-state index in [0.29, 0.717) is 18.1 Å². The molecule has 2 aromatic rings. The maximum atomic E-state index is 5.56. The molecule has 0 aliphatic rings. The Morgan fingerprint density at radius 1 is 1.41 bits per heavy atom. The largest absolute Gasteiger partial charge is 0.388 e. The van der Waals surface area contributed by atoms with E-state index in [1.807, 2.05) is 13.1 Å². The summed E-state index contributed by atoms with van der Waals surface area (Å²) in [5.41, 5.74) is 6.07. The van der Waals surface area contributed by atoms with Gasteiger partial charge in [-0.05, 0) is 6.92 Å². The van der Waals surface area contributed by atoms with E-state index in [1.165, 1.54) is 4.88 Å². The summed E-state index contributed by atoms with van der Waals surface area (Å²) in [5, 5.41) is 4.12. The molecule has 0 aliphatic carbocycles. The predicted octanol–water partition coefficient (Wildman–Crippen LogP) is 1.49. The molecule has 0 aromatic carbocycles. The fourth-order valence-electron chi connectivity index (χ4n) is 1.29. The summed E-state index contributed by atoms with van der Waals surface area (Å²) < 4.78 is 0. The summed E-state index contributed by atoms with van der Waals surface area (Å²) >= 11 is 6.54. The zero-order valence-corrected chi connectivity index (χ0v) is 10.8. The Morgan fingerprint density at radius 2 is 2.18 bits per heavy atom. The number of rotatable bonds is 4. The first-order valence-corrected chi connectivity index (χ1v) is 6.15. The van der Waals surface area contributed by atoms with Crippen molar-refractivity contribution in [3.05, 3.63) is 34.2 Å². The van der Waals surface area contributed by atoms with Gasteiger partial charge < -0.3 is 11.1 Å². The van der Waals surface area contributed by atoms with Crippen molar-refractivity contribution in [3.8, 4) is 0 Å². The number of nitrogens with zero attached hydrogens (tertiary/aromatic N) is 3. The molecule has 0 bridgehead atoms. The monoisotopic (exact) mass is 265 g/mol. The molecule has 5 nitrogen and oxygen atoms in total. The molecule has 0 saturated carbocycles. The number of thiazole rings is 1. The van der Waals surface area contributed by atoms with Gasteiger partial charge in [0.25, 0.3) is 0 Å². The molecule has 3 N–H and O–H groups in total. The third-order valence-corrected chi connectivity index (χ3v) is 3.11. The zero-order chi connectivity index (χ0) is 12.3. The Bertz CT molecular complexity index is 537. The van der Waals surface area contributed by atoms with Crippen LogP contribution in [0.15, 0.2) is 18.6 Å². The van der Waals surface area contributed by atoms with Crippen molar-refractivity contribution in [1.29, 1.82) is 0 Å². The average molecular weight is 265 g/mol. The van der Waals surface area contributed by atoms with Crippen molar-refractivity contribution in [2.24, 2.45) is 5.73 Å². The molecule has 0 unspecified atom stereocenters. The van der Waals surface area contributed by atoms with Gasteiger partial charge in [0.05, 0.1) is 6.54 Å². The molecule has 17 heavy (non-hydrogen) atoms. The van der Waals surface area contributed by atoms with Gasteiger partial charge in [-0.1, -0.05) is 12.2 Å². The SMILES string of the molecule is Cc1cnc(CNc2nccnc2C(N)=S)s1. The van der Waals surface area contributed by atoms with Gasteiger partial charge in [0.2, 0.25) is 0 Å². The molecule has 0 radical (unpaired) electrons. The lowest BCUT2D eigenvalue weighted by Gasteiger charge is -2.06. The van der Waals surface area contributed by atoms with Gasteiger partial charge in [-0.2, -0.15) is 0 Å². The highest BCUT2D eigenvalue weighted by molar-refractivity contribution is 7.80. The molecule has 0 amide bonds. The molecule has 0 atom stereocenters. The standard InChI is InChI=1S/C10H11N5S2/c1-6-4-14-7(17-6)5-15-10-8(9(11)16)12-2-3-13-10/h2-4H,5H2,1H3,(H2,11,16)(H,13,15). The Balaban J connectivity index is 2.11. The molecule has 0 saturated heterocycles. The summed E-state index contributed by atoms with van der Waals surface area (Å²) in [6, 6.07) is 0.